The van der Waals surface area contributed by atoms with Gasteiger partial charge in [-0.1, -0.05) is 12.1 Å². The minimum atomic E-state index is -0.0728. The molecule has 156 valence electrons. The summed E-state index contributed by atoms with van der Waals surface area (Å²) in [6.07, 6.45) is 5.45. The third-order valence-electron chi connectivity index (χ3n) is 5.65. The Hall–Kier alpha value is -2.38. The first-order valence-electron chi connectivity index (χ1n) is 10.4. The van der Waals surface area contributed by atoms with Crippen LogP contribution in [0.15, 0.2) is 34.9 Å². The van der Waals surface area contributed by atoms with Gasteiger partial charge in [0.25, 0.3) is 0 Å². The Balaban J connectivity index is 1.43. The van der Waals surface area contributed by atoms with Gasteiger partial charge >= 0.3 is 0 Å². The maximum atomic E-state index is 13.0. The van der Waals surface area contributed by atoms with Crippen molar-refractivity contribution in [2.75, 3.05) is 46.5 Å². The van der Waals surface area contributed by atoms with Crippen molar-refractivity contribution in [2.24, 2.45) is 0 Å². The first kappa shape index (κ1) is 19.9. The van der Waals surface area contributed by atoms with Crippen molar-refractivity contribution < 1.29 is 18.7 Å². The van der Waals surface area contributed by atoms with E-state index in [0.29, 0.717) is 32.1 Å². The summed E-state index contributed by atoms with van der Waals surface area (Å²) < 4.78 is 16.8. The zero-order valence-corrected chi connectivity index (χ0v) is 17.0. The molecule has 2 fully saturated rings. The first-order chi connectivity index (χ1) is 14.2. The van der Waals surface area contributed by atoms with Crippen molar-refractivity contribution in [3.05, 3.63) is 47.7 Å². The van der Waals surface area contributed by atoms with Gasteiger partial charge in [-0.25, -0.2) is 4.98 Å². The molecule has 0 bridgehead atoms. The third kappa shape index (κ3) is 4.97. The predicted molar refractivity (Wildman–Crippen MR) is 108 cm³/mol. The van der Waals surface area contributed by atoms with E-state index in [1.165, 1.54) is 0 Å². The zero-order valence-electron chi connectivity index (χ0n) is 17.0. The van der Waals surface area contributed by atoms with Crippen LogP contribution < -0.4 is 4.74 Å². The average Bonchev–Trinajstić information content (AvgIpc) is 3.23. The van der Waals surface area contributed by atoms with Crippen molar-refractivity contribution in [1.29, 1.82) is 0 Å². The van der Waals surface area contributed by atoms with Gasteiger partial charge in [0.15, 0.2) is 0 Å². The van der Waals surface area contributed by atoms with Gasteiger partial charge in [0.05, 0.1) is 33.1 Å². The molecular weight excluding hydrogens is 370 g/mol. The highest BCUT2D eigenvalue weighted by atomic mass is 16.5. The van der Waals surface area contributed by atoms with Crippen LogP contribution in [0.3, 0.4) is 0 Å². The van der Waals surface area contributed by atoms with Gasteiger partial charge in [-0.15, -0.1) is 0 Å². The number of aromatic nitrogens is 1. The summed E-state index contributed by atoms with van der Waals surface area (Å²) >= 11 is 0. The summed E-state index contributed by atoms with van der Waals surface area (Å²) in [6.45, 7) is 4.23. The van der Waals surface area contributed by atoms with Crippen molar-refractivity contribution in [1.82, 2.24) is 14.8 Å². The molecule has 1 unspecified atom stereocenters. The molecular formula is C22H29N3O4. The highest BCUT2D eigenvalue weighted by molar-refractivity contribution is 5.78. The number of hydrogen-bond donors (Lipinski definition) is 0. The van der Waals surface area contributed by atoms with E-state index in [1.54, 1.807) is 13.3 Å². The zero-order chi connectivity index (χ0) is 20.1. The minimum absolute atomic E-state index is 0.0728. The summed E-state index contributed by atoms with van der Waals surface area (Å²) in [5.41, 5.74) is 1.11. The number of amides is 1. The minimum Gasteiger partial charge on any atom is -0.497 e. The number of methoxy groups -OCH3 is 1. The van der Waals surface area contributed by atoms with E-state index < -0.39 is 0 Å². The molecule has 1 aromatic carbocycles. The Labute approximate surface area is 171 Å². The molecule has 7 nitrogen and oxygen atoms in total. The fourth-order valence-electron chi connectivity index (χ4n) is 4.07. The van der Waals surface area contributed by atoms with Gasteiger partial charge in [-0.05, 0) is 37.0 Å². The van der Waals surface area contributed by atoms with E-state index in [2.05, 4.69) is 9.88 Å². The summed E-state index contributed by atoms with van der Waals surface area (Å²) in [5, 5.41) is 0. The normalized spacial score (nSPS) is 20.6. The van der Waals surface area contributed by atoms with Crippen LogP contribution in [0.2, 0.25) is 0 Å². The second kappa shape index (κ2) is 9.41. The van der Waals surface area contributed by atoms with E-state index in [0.717, 1.165) is 56.0 Å². The van der Waals surface area contributed by atoms with Gasteiger partial charge in [-0.3, -0.25) is 9.69 Å². The lowest BCUT2D eigenvalue weighted by molar-refractivity contribution is -0.137. The molecule has 7 heteroatoms. The second-order valence-electron chi connectivity index (χ2n) is 7.68. The van der Waals surface area contributed by atoms with Crippen LogP contribution in [0.25, 0.3) is 0 Å². The Morgan fingerprint density at radius 2 is 2.10 bits per heavy atom. The lowest BCUT2D eigenvalue weighted by Crippen LogP contribution is -2.47. The van der Waals surface area contributed by atoms with E-state index in [1.807, 2.05) is 29.2 Å². The second-order valence-corrected chi connectivity index (χ2v) is 7.68. The number of carbonyl (C=O) groups excluding carboxylic acids is 1. The standard InChI is InChI=1S/C22H29N3O4/c1-27-18-6-4-5-17(13-18)14-19-15-23-22(29-19)20-7-2-3-8-25(20)21(26)16-24-9-11-28-12-10-24/h4-6,13,15,20H,2-3,7-12,14,16H2,1H3. The van der Waals surface area contributed by atoms with Gasteiger partial charge in [0.2, 0.25) is 11.8 Å². The molecule has 0 saturated carbocycles. The number of piperidine rings is 1. The third-order valence-corrected chi connectivity index (χ3v) is 5.65. The Bertz CT molecular complexity index is 816. The molecule has 3 heterocycles. The monoisotopic (exact) mass is 399 g/mol. The quantitative estimate of drug-likeness (QED) is 0.744. The number of nitrogens with zero attached hydrogens (tertiary/aromatic N) is 3. The highest BCUT2D eigenvalue weighted by Gasteiger charge is 2.32. The Kier molecular flexibility index (Phi) is 6.46. The molecule has 1 atom stereocenters. The topological polar surface area (TPSA) is 68.0 Å². The molecule has 4 rings (SSSR count). The largest absolute Gasteiger partial charge is 0.497 e. The van der Waals surface area contributed by atoms with Crippen LogP contribution >= 0.6 is 0 Å². The smallest absolute Gasteiger partial charge is 0.237 e. The van der Waals surface area contributed by atoms with Gasteiger partial charge in [-0.2, -0.15) is 0 Å². The molecule has 2 aromatic rings. The van der Waals surface area contributed by atoms with Gasteiger partial charge in [0, 0.05) is 26.1 Å². The molecule has 1 amide bonds. The molecule has 0 aliphatic carbocycles. The van der Waals surface area contributed by atoms with Crippen molar-refractivity contribution >= 4 is 5.91 Å². The average molecular weight is 399 g/mol. The molecule has 0 radical (unpaired) electrons. The SMILES string of the molecule is COc1cccc(Cc2cnc(C3CCCCN3C(=O)CN3CCOCC3)o2)c1. The van der Waals surface area contributed by atoms with Gasteiger partial charge in [0.1, 0.15) is 17.6 Å². The van der Waals surface area contributed by atoms with E-state index in [9.17, 15) is 4.79 Å². The Morgan fingerprint density at radius 1 is 1.24 bits per heavy atom. The molecule has 2 saturated heterocycles. The number of rotatable bonds is 6. The summed E-state index contributed by atoms with van der Waals surface area (Å²) in [5.74, 6) is 2.44. The van der Waals surface area contributed by atoms with Crippen LogP contribution in [-0.4, -0.2) is 67.2 Å². The van der Waals surface area contributed by atoms with Crippen LogP contribution in [0.4, 0.5) is 0 Å². The van der Waals surface area contributed by atoms with Gasteiger partial charge < -0.3 is 18.8 Å². The lowest BCUT2D eigenvalue weighted by Gasteiger charge is -2.36. The van der Waals surface area contributed by atoms with E-state index in [-0.39, 0.29) is 11.9 Å². The van der Waals surface area contributed by atoms with Crippen LogP contribution in [0, 0.1) is 0 Å². The molecule has 0 N–H and O–H groups in total. The van der Waals surface area contributed by atoms with E-state index in [4.69, 9.17) is 13.9 Å². The molecule has 29 heavy (non-hydrogen) atoms. The molecule has 2 aliphatic heterocycles. The van der Waals surface area contributed by atoms with E-state index >= 15 is 0 Å². The number of ether oxygens (including phenoxy) is 2. The number of benzene rings is 1. The number of carbonyl (C=O) groups is 1. The number of likely N-dealkylation sites (tertiary alicyclic amines) is 1. The predicted octanol–water partition coefficient (Wildman–Crippen LogP) is 2.66. The van der Waals surface area contributed by atoms with Crippen LogP contribution in [0.5, 0.6) is 5.75 Å². The van der Waals surface area contributed by atoms with Crippen LogP contribution in [-0.2, 0) is 16.0 Å². The number of oxazole rings is 1. The molecule has 1 aromatic heterocycles. The number of morpholine rings is 1. The molecule has 2 aliphatic rings. The Morgan fingerprint density at radius 3 is 2.93 bits per heavy atom. The van der Waals surface area contributed by atoms with Crippen molar-refractivity contribution in [3.8, 4) is 5.75 Å². The highest BCUT2D eigenvalue weighted by Crippen LogP contribution is 2.31. The summed E-state index contributed by atoms with van der Waals surface area (Å²) in [7, 11) is 1.66. The summed E-state index contributed by atoms with van der Waals surface area (Å²) in [4.78, 5) is 21.6. The fourth-order valence-corrected chi connectivity index (χ4v) is 4.07. The lowest BCUT2D eigenvalue weighted by atomic mass is 10.0. The molecule has 0 spiro atoms. The fraction of sp³-hybridized carbons (Fsp3) is 0.545. The van der Waals surface area contributed by atoms with Crippen molar-refractivity contribution in [3.63, 3.8) is 0 Å². The maximum absolute atomic E-state index is 13.0. The van der Waals surface area contributed by atoms with Crippen LogP contribution in [0.1, 0.15) is 42.5 Å². The maximum Gasteiger partial charge on any atom is 0.237 e. The number of hydrogen-bond acceptors (Lipinski definition) is 6. The van der Waals surface area contributed by atoms with Crippen molar-refractivity contribution in [2.45, 2.75) is 31.7 Å². The summed E-state index contributed by atoms with van der Waals surface area (Å²) in [6, 6.07) is 7.87. The first-order valence-corrected chi connectivity index (χ1v) is 10.4.